The molecule has 2 bridgehead atoms. The van der Waals surface area contributed by atoms with Crippen molar-refractivity contribution in [1.29, 1.82) is 0 Å². The minimum absolute atomic E-state index is 0.00824. The smallest absolute Gasteiger partial charge is 0.179 e. The van der Waals surface area contributed by atoms with Gasteiger partial charge in [0.05, 0.1) is 0 Å². The molecular formula is C65H45N3Si. The maximum absolute atomic E-state index is 5.38. The van der Waals surface area contributed by atoms with E-state index >= 15 is 0 Å². The Kier molecular flexibility index (Phi) is 9.99. The highest BCUT2D eigenvalue weighted by Gasteiger charge is 2.50. The van der Waals surface area contributed by atoms with Crippen LogP contribution < -0.4 is 20.7 Å². The summed E-state index contributed by atoms with van der Waals surface area (Å²) in [5, 5.41) is 5.43. The molecule has 3 nitrogen and oxygen atoms in total. The molecule has 1 aromatic heterocycles. The van der Waals surface area contributed by atoms with Crippen LogP contribution in [-0.4, -0.2) is 23.0 Å². The number of aromatic nitrogens is 3. The topological polar surface area (TPSA) is 38.7 Å². The van der Waals surface area contributed by atoms with Gasteiger partial charge in [0, 0.05) is 28.5 Å². The van der Waals surface area contributed by atoms with E-state index < -0.39 is 8.07 Å². The Balaban J connectivity index is 1.13. The summed E-state index contributed by atoms with van der Waals surface area (Å²) in [4.78, 5) is 15.9. The van der Waals surface area contributed by atoms with E-state index in [1.807, 2.05) is 36.4 Å². The molecule has 2 unspecified atom stereocenters. The molecule has 2 atom stereocenters. The fraction of sp³-hybridized carbons (Fsp3) is 0.0308. The monoisotopic (exact) mass is 895 g/mol. The zero-order valence-electron chi connectivity index (χ0n) is 37.8. The van der Waals surface area contributed by atoms with E-state index in [0.29, 0.717) is 17.5 Å². The highest BCUT2D eigenvalue weighted by atomic mass is 28.3. The second-order valence-corrected chi connectivity index (χ2v) is 21.9. The first kappa shape index (κ1) is 40.7. The molecule has 324 valence electrons. The zero-order chi connectivity index (χ0) is 45.7. The lowest BCUT2D eigenvalue weighted by atomic mass is 9.60. The Bertz CT molecular complexity index is 3500. The quantitative estimate of drug-likeness (QED) is 0.107. The molecule has 0 spiro atoms. The molecule has 0 radical (unpaired) electrons. The zero-order valence-corrected chi connectivity index (χ0v) is 38.8. The number of nitrogens with zero attached hydrogens (tertiary/aromatic N) is 3. The lowest BCUT2D eigenvalue weighted by molar-refractivity contribution is 0.758. The largest absolute Gasteiger partial charge is 0.208 e. The van der Waals surface area contributed by atoms with Crippen LogP contribution in [0.1, 0.15) is 45.2 Å². The molecule has 11 aromatic rings. The second-order valence-electron chi connectivity index (χ2n) is 18.2. The highest BCUT2D eigenvalue weighted by Crippen LogP contribution is 2.57. The molecule has 10 aromatic carbocycles. The molecule has 1 heterocycles. The standard InChI is InChI=1S/C65H45N3Si/c1-7-23-44(24-8-1)48-41-49(45-25-9-2-10-26-45)43-52(42-48)69(50-31-15-5-16-32-50,51-33-17-6-18-34-51)58-40-22-38-56-59-53-35-19-20-36-54(53)62(61(56)58)60-55(59)37-21-39-57(60)65-67-63(46-27-11-3-12-28-46)66-64(68-65)47-29-13-4-14-30-47/h1-43,59,62H. The lowest BCUT2D eigenvalue weighted by Gasteiger charge is -2.46. The van der Waals surface area contributed by atoms with Crippen molar-refractivity contribution in [3.8, 4) is 56.4 Å². The molecule has 0 aliphatic heterocycles. The average Bonchev–Trinajstić information content (AvgIpc) is 3.44. The highest BCUT2D eigenvalue weighted by molar-refractivity contribution is 7.20. The third-order valence-electron chi connectivity index (χ3n) is 14.4. The van der Waals surface area contributed by atoms with Gasteiger partial charge in [0.2, 0.25) is 0 Å². The van der Waals surface area contributed by atoms with Crippen molar-refractivity contribution in [3.05, 3.63) is 294 Å². The van der Waals surface area contributed by atoms with Crippen LogP contribution in [0.2, 0.25) is 0 Å². The van der Waals surface area contributed by atoms with Crippen molar-refractivity contribution in [2.45, 2.75) is 11.8 Å². The van der Waals surface area contributed by atoms with Gasteiger partial charge in [-0.05, 0) is 82.4 Å². The van der Waals surface area contributed by atoms with Crippen LogP contribution >= 0.6 is 0 Å². The van der Waals surface area contributed by atoms with Crippen LogP contribution in [-0.2, 0) is 0 Å². The molecule has 0 saturated heterocycles. The van der Waals surface area contributed by atoms with E-state index in [0.717, 1.165) is 16.7 Å². The summed E-state index contributed by atoms with van der Waals surface area (Å²) >= 11 is 0. The Morgan fingerprint density at radius 1 is 0.261 bits per heavy atom. The van der Waals surface area contributed by atoms with Crippen LogP contribution in [0.3, 0.4) is 0 Å². The molecule has 14 rings (SSSR count). The fourth-order valence-corrected chi connectivity index (χ4v) is 16.6. The Morgan fingerprint density at radius 2 is 0.652 bits per heavy atom. The molecule has 3 aliphatic carbocycles. The first-order valence-electron chi connectivity index (χ1n) is 23.8. The maximum Gasteiger partial charge on any atom is 0.179 e. The normalized spacial score (nSPS) is 14.4. The average molecular weight is 896 g/mol. The van der Waals surface area contributed by atoms with Crippen LogP contribution in [0.15, 0.2) is 261 Å². The third kappa shape index (κ3) is 6.75. The Hall–Kier alpha value is -8.57. The van der Waals surface area contributed by atoms with Crippen LogP contribution in [0.5, 0.6) is 0 Å². The summed E-state index contributed by atoms with van der Waals surface area (Å²) < 4.78 is 0. The van der Waals surface area contributed by atoms with Gasteiger partial charge in [-0.15, -0.1) is 0 Å². The predicted molar refractivity (Wildman–Crippen MR) is 285 cm³/mol. The number of hydrogen-bond acceptors (Lipinski definition) is 3. The first-order valence-corrected chi connectivity index (χ1v) is 25.8. The predicted octanol–water partition coefficient (Wildman–Crippen LogP) is 12.6. The van der Waals surface area contributed by atoms with Gasteiger partial charge in [0.25, 0.3) is 0 Å². The molecule has 0 saturated carbocycles. The van der Waals surface area contributed by atoms with Crippen molar-refractivity contribution in [2.75, 3.05) is 0 Å². The van der Waals surface area contributed by atoms with Crippen molar-refractivity contribution in [3.63, 3.8) is 0 Å². The van der Waals surface area contributed by atoms with Crippen LogP contribution in [0.25, 0.3) is 56.4 Å². The third-order valence-corrected chi connectivity index (χ3v) is 19.2. The molecule has 0 fully saturated rings. The van der Waals surface area contributed by atoms with E-state index in [-0.39, 0.29) is 11.8 Å². The Labute approximate surface area is 404 Å². The summed E-state index contributed by atoms with van der Waals surface area (Å²) in [5.41, 5.74) is 15.8. The SMILES string of the molecule is c1ccc(-c2cc(-c3ccccc3)cc([Si](c3ccccc3)(c3ccccc3)c3cccc4c3C3c5ccccc5C4c4cccc(-c5nc(-c6ccccc6)nc(-c6ccccc6)n5)c43)c2)cc1. The minimum Gasteiger partial charge on any atom is -0.208 e. The van der Waals surface area contributed by atoms with Gasteiger partial charge in [0.1, 0.15) is 0 Å². The second kappa shape index (κ2) is 16.9. The van der Waals surface area contributed by atoms with Crippen LogP contribution in [0.4, 0.5) is 0 Å². The fourth-order valence-electron chi connectivity index (χ4n) is 11.5. The van der Waals surface area contributed by atoms with Crippen molar-refractivity contribution < 1.29 is 0 Å². The lowest BCUT2D eigenvalue weighted by Crippen LogP contribution is -2.75. The van der Waals surface area contributed by atoms with Gasteiger partial charge < -0.3 is 0 Å². The van der Waals surface area contributed by atoms with Gasteiger partial charge in [-0.3, -0.25) is 0 Å². The number of hydrogen-bond donors (Lipinski definition) is 0. The van der Waals surface area contributed by atoms with Gasteiger partial charge in [-0.25, -0.2) is 15.0 Å². The van der Waals surface area contributed by atoms with E-state index in [9.17, 15) is 0 Å². The summed E-state index contributed by atoms with van der Waals surface area (Å²) in [5.74, 6) is 1.90. The van der Waals surface area contributed by atoms with Crippen molar-refractivity contribution >= 4 is 28.8 Å². The molecule has 4 heteroatoms. The summed E-state index contributed by atoms with van der Waals surface area (Å²) in [6.45, 7) is 0. The van der Waals surface area contributed by atoms with E-state index in [4.69, 9.17) is 15.0 Å². The molecular weight excluding hydrogens is 851 g/mol. The summed E-state index contributed by atoms with van der Waals surface area (Å²) in [7, 11) is -3.23. The molecule has 0 N–H and O–H groups in total. The summed E-state index contributed by atoms with van der Waals surface area (Å²) in [6, 6.07) is 95.9. The first-order chi connectivity index (χ1) is 34.2. The van der Waals surface area contributed by atoms with Crippen molar-refractivity contribution in [1.82, 2.24) is 15.0 Å². The Morgan fingerprint density at radius 3 is 1.16 bits per heavy atom. The van der Waals surface area contributed by atoms with Crippen molar-refractivity contribution in [2.24, 2.45) is 0 Å². The molecule has 69 heavy (non-hydrogen) atoms. The van der Waals surface area contributed by atoms with Crippen LogP contribution in [0, 0.1) is 0 Å². The van der Waals surface area contributed by atoms with Gasteiger partial charge >= 0.3 is 0 Å². The summed E-state index contributed by atoms with van der Waals surface area (Å²) in [6.07, 6.45) is 0. The van der Waals surface area contributed by atoms with E-state index in [2.05, 4.69) is 224 Å². The van der Waals surface area contributed by atoms with Gasteiger partial charge in [-0.2, -0.15) is 0 Å². The molecule has 0 amide bonds. The van der Waals surface area contributed by atoms with E-state index in [1.54, 1.807) is 0 Å². The maximum atomic E-state index is 5.38. The molecule has 3 aliphatic rings. The number of benzene rings is 10. The van der Waals surface area contributed by atoms with Gasteiger partial charge in [0.15, 0.2) is 25.5 Å². The van der Waals surface area contributed by atoms with Gasteiger partial charge in [-0.1, -0.05) is 255 Å². The minimum atomic E-state index is -3.23. The number of rotatable bonds is 9. The van der Waals surface area contributed by atoms with E-state index in [1.165, 1.54) is 76.4 Å².